The molecule has 1 atom stereocenters. The Morgan fingerprint density at radius 3 is 2.25 bits per heavy atom. The van der Waals surface area contributed by atoms with Crippen molar-refractivity contribution in [1.29, 1.82) is 0 Å². The SMILES string of the molecule is CC(C(=O)NC(C)(C)C)N(Cc1ccc(Cl)cc1Cl)C(=O)CCCOc1ccc(Cl)cc1. The number of carbonyl (C=O) groups excluding carboxylic acids is 2. The summed E-state index contributed by atoms with van der Waals surface area (Å²) >= 11 is 18.2. The van der Waals surface area contributed by atoms with Crippen LogP contribution in [0.2, 0.25) is 15.1 Å². The Morgan fingerprint density at radius 2 is 1.66 bits per heavy atom. The number of benzene rings is 2. The Balaban J connectivity index is 2.06. The van der Waals surface area contributed by atoms with Crippen LogP contribution in [0.1, 0.15) is 46.1 Å². The smallest absolute Gasteiger partial charge is 0.242 e. The van der Waals surface area contributed by atoms with E-state index in [0.717, 1.165) is 5.56 Å². The van der Waals surface area contributed by atoms with Gasteiger partial charge in [0, 0.05) is 33.6 Å². The maximum absolute atomic E-state index is 13.1. The normalized spacial score (nSPS) is 12.2. The van der Waals surface area contributed by atoms with Gasteiger partial charge in [-0.3, -0.25) is 9.59 Å². The first-order valence-electron chi connectivity index (χ1n) is 10.4. The lowest BCUT2D eigenvalue weighted by atomic mass is 10.1. The molecule has 174 valence electrons. The Labute approximate surface area is 205 Å². The average Bonchev–Trinajstić information content (AvgIpc) is 2.70. The van der Waals surface area contributed by atoms with E-state index in [2.05, 4.69) is 5.32 Å². The molecule has 0 aliphatic heterocycles. The van der Waals surface area contributed by atoms with Crippen molar-refractivity contribution in [2.75, 3.05) is 6.61 Å². The molecule has 8 heteroatoms. The molecular weight excluding hydrogens is 471 g/mol. The zero-order valence-electron chi connectivity index (χ0n) is 18.8. The minimum absolute atomic E-state index is 0.160. The molecule has 0 radical (unpaired) electrons. The summed E-state index contributed by atoms with van der Waals surface area (Å²) in [6, 6.07) is 11.5. The van der Waals surface area contributed by atoms with Gasteiger partial charge in [-0.05, 0) is 76.1 Å². The van der Waals surface area contributed by atoms with Gasteiger partial charge in [0.2, 0.25) is 11.8 Å². The monoisotopic (exact) mass is 498 g/mol. The summed E-state index contributed by atoms with van der Waals surface area (Å²) in [5.74, 6) is 0.296. The van der Waals surface area contributed by atoms with E-state index in [0.29, 0.717) is 33.8 Å². The molecular formula is C24H29Cl3N2O3. The van der Waals surface area contributed by atoms with Crippen molar-refractivity contribution >= 4 is 46.6 Å². The van der Waals surface area contributed by atoms with Gasteiger partial charge in [0.1, 0.15) is 11.8 Å². The fourth-order valence-electron chi connectivity index (χ4n) is 2.98. The molecule has 0 saturated carbocycles. The minimum Gasteiger partial charge on any atom is -0.494 e. The number of halogens is 3. The Morgan fingerprint density at radius 1 is 1.03 bits per heavy atom. The summed E-state index contributed by atoms with van der Waals surface area (Å²) in [6.45, 7) is 7.97. The van der Waals surface area contributed by atoms with E-state index in [-0.39, 0.29) is 24.8 Å². The Kier molecular flexibility index (Phi) is 9.68. The zero-order chi connectivity index (χ0) is 23.9. The predicted molar refractivity (Wildman–Crippen MR) is 131 cm³/mol. The second-order valence-electron chi connectivity index (χ2n) is 8.58. The van der Waals surface area contributed by atoms with Crippen LogP contribution >= 0.6 is 34.8 Å². The molecule has 0 spiro atoms. The fourth-order valence-corrected chi connectivity index (χ4v) is 3.57. The van der Waals surface area contributed by atoms with Gasteiger partial charge in [-0.25, -0.2) is 0 Å². The molecule has 0 heterocycles. The van der Waals surface area contributed by atoms with Crippen LogP contribution in [-0.2, 0) is 16.1 Å². The van der Waals surface area contributed by atoms with Gasteiger partial charge in [-0.2, -0.15) is 0 Å². The Hall–Kier alpha value is -1.95. The van der Waals surface area contributed by atoms with Gasteiger partial charge < -0.3 is 15.0 Å². The van der Waals surface area contributed by atoms with Crippen LogP contribution in [0.25, 0.3) is 0 Å². The topological polar surface area (TPSA) is 58.6 Å². The van der Waals surface area contributed by atoms with Crippen molar-refractivity contribution in [3.8, 4) is 5.75 Å². The minimum atomic E-state index is -0.675. The van der Waals surface area contributed by atoms with E-state index < -0.39 is 11.6 Å². The number of rotatable bonds is 9. The van der Waals surface area contributed by atoms with Crippen LogP contribution in [0, 0.1) is 0 Å². The van der Waals surface area contributed by atoms with E-state index in [9.17, 15) is 9.59 Å². The molecule has 5 nitrogen and oxygen atoms in total. The van der Waals surface area contributed by atoms with E-state index in [1.807, 2.05) is 20.8 Å². The standard InChI is InChI=1S/C24H29Cl3N2O3/c1-16(23(31)28-24(2,3)4)29(15-17-7-8-19(26)14-21(17)27)22(30)6-5-13-32-20-11-9-18(25)10-12-20/h7-12,14,16H,5-6,13,15H2,1-4H3,(H,28,31). The quantitative estimate of drug-likeness (QED) is 0.422. The number of nitrogens with one attached hydrogen (secondary N) is 1. The van der Waals surface area contributed by atoms with Gasteiger partial charge in [0.25, 0.3) is 0 Å². The van der Waals surface area contributed by atoms with Gasteiger partial charge in [-0.1, -0.05) is 40.9 Å². The molecule has 2 rings (SSSR count). The first-order chi connectivity index (χ1) is 15.0. The van der Waals surface area contributed by atoms with Crippen molar-refractivity contribution in [3.05, 3.63) is 63.1 Å². The van der Waals surface area contributed by atoms with E-state index >= 15 is 0 Å². The third kappa shape index (κ3) is 8.53. The third-order valence-electron chi connectivity index (χ3n) is 4.64. The van der Waals surface area contributed by atoms with E-state index in [4.69, 9.17) is 39.5 Å². The average molecular weight is 500 g/mol. The highest BCUT2D eigenvalue weighted by molar-refractivity contribution is 6.35. The summed E-state index contributed by atoms with van der Waals surface area (Å²) in [7, 11) is 0. The molecule has 32 heavy (non-hydrogen) atoms. The van der Waals surface area contributed by atoms with Crippen molar-refractivity contribution in [3.63, 3.8) is 0 Å². The van der Waals surface area contributed by atoms with Crippen LogP contribution in [0.3, 0.4) is 0 Å². The number of carbonyl (C=O) groups is 2. The maximum atomic E-state index is 13.1. The fraction of sp³-hybridized carbons (Fsp3) is 0.417. The molecule has 0 fully saturated rings. The summed E-state index contributed by atoms with van der Waals surface area (Å²) in [6.07, 6.45) is 0.728. The van der Waals surface area contributed by atoms with Crippen LogP contribution in [0.4, 0.5) is 0 Å². The van der Waals surface area contributed by atoms with Crippen LogP contribution < -0.4 is 10.1 Å². The lowest BCUT2D eigenvalue weighted by Crippen LogP contribution is -2.52. The number of hydrogen-bond acceptors (Lipinski definition) is 3. The van der Waals surface area contributed by atoms with Crippen LogP contribution in [-0.4, -0.2) is 34.9 Å². The molecule has 0 saturated heterocycles. The molecule has 2 aromatic rings. The summed E-state index contributed by atoms with van der Waals surface area (Å²) in [5.41, 5.74) is 0.307. The number of amides is 2. The highest BCUT2D eigenvalue weighted by atomic mass is 35.5. The lowest BCUT2D eigenvalue weighted by molar-refractivity contribution is -0.141. The van der Waals surface area contributed by atoms with Crippen molar-refractivity contribution in [2.45, 2.75) is 58.7 Å². The molecule has 0 aromatic heterocycles. The summed E-state index contributed by atoms with van der Waals surface area (Å²) in [4.78, 5) is 27.4. The molecule has 1 N–H and O–H groups in total. The lowest BCUT2D eigenvalue weighted by Gasteiger charge is -2.31. The highest BCUT2D eigenvalue weighted by Crippen LogP contribution is 2.24. The number of nitrogens with zero attached hydrogens (tertiary/aromatic N) is 1. The molecule has 2 aromatic carbocycles. The molecule has 0 aliphatic carbocycles. The van der Waals surface area contributed by atoms with Gasteiger partial charge in [-0.15, -0.1) is 0 Å². The van der Waals surface area contributed by atoms with Gasteiger partial charge in [0.05, 0.1) is 6.61 Å². The third-order valence-corrected chi connectivity index (χ3v) is 5.48. The highest BCUT2D eigenvalue weighted by Gasteiger charge is 2.28. The largest absolute Gasteiger partial charge is 0.494 e. The molecule has 2 amide bonds. The maximum Gasteiger partial charge on any atom is 0.242 e. The predicted octanol–water partition coefficient (Wildman–Crippen LogP) is 6.14. The Bertz CT molecular complexity index is 927. The van der Waals surface area contributed by atoms with Crippen LogP contribution in [0.15, 0.2) is 42.5 Å². The second-order valence-corrected chi connectivity index (χ2v) is 9.86. The molecule has 1 unspecified atom stereocenters. The zero-order valence-corrected chi connectivity index (χ0v) is 21.0. The van der Waals surface area contributed by atoms with Gasteiger partial charge >= 0.3 is 0 Å². The van der Waals surface area contributed by atoms with E-state index in [1.54, 1.807) is 54.3 Å². The second kappa shape index (κ2) is 11.8. The first kappa shape index (κ1) is 26.3. The summed E-state index contributed by atoms with van der Waals surface area (Å²) in [5, 5.41) is 4.52. The van der Waals surface area contributed by atoms with Crippen molar-refractivity contribution in [1.82, 2.24) is 10.2 Å². The van der Waals surface area contributed by atoms with Gasteiger partial charge in [0.15, 0.2) is 0 Å². The number of hydrogen-bond donors (Lipinski definition) is 1. The van der Waals surface area contributed by atoms with Crippen molar-refractivity contribution < 1.29 is 14.3 Å². The number of ether oxygens (including phenoxy) is 1. The molecule has 0 aliphatic rings. The van der Waals surface area contributed by atoms with Crippen molar-refractivity contribution in [2.24, 2.45) is 0 Å². The van der Waals surface area contributed by atoms with Crippen LogP contribution in [0.5, 0.6) is 5.75 Å². The molecule has 0 bridgehead atoms. The summed E-state index contributed by atoms with van der Waals surface area (Å²) < 4.78 is 5.67. The van der Waals surface area contributed by atoms with E-state index in [1.165, 1.54) is 0 Å². The first-order valence-corrected chi connectivity index (χ1v) is 11.5.